The number of Topliss-reactive ketones (excluding diaryl/α,β-unsaturated/α-hetero) is 1. The molecule has 0 spiro atoms. The Kier molecular flexibility index (Phi) is 5.08. The molecule has 4 nitrogen and oxygen atoms in total. The van der Waals surface area contributed by atoms with Crippen LogP contribution in [0.3, 0.4) is 0 Å². The molecule has 5 aliphatic rings. The van der Waals surface area contributed by atoms with Gasteiger partial charge in [0.1, 0.15) is 5.78 Å². The van der Waals surface area contributed by atoms with Gasteiger partial charge < -0.3 is 9.84 Å². The van der Waals surface area contributed by atoms with Crippen molar-refractivity contribution in [3.63, 3.8) is 0 Å². The fourth-order valence-electron chi connectivity index (χ4n) is 8.92. The molecule has 1 N–H and O–H groups in total. The molecule has 5 rings (SSSR count). The average molecular weight is 467 g/mol. The largest absolute Gasteiger partial charge is 0.426 e. The lowest BCUT2D eigenvalue weighted by molar-refractivity contribution is -0.187. The van der Waals surface area contributed by atoms with Crippen LogP contribution in [0.1, 0.15) is 99.8 Å². The van der Waals surface area contributed by atoms with Crippen molar-refractivity contribution in [2.45, 2.75) is 106 Å². The first-order chi connectivity index (χ1) is 15.7. The average Bonchev–Trinajstić information content (AvgIpc) is 3.17. The number of hydrogen-bond donors (Lipinski definition) is 1. The number of esters is 1. The van der Waals surface area contributed by atoms with Crippen molar-refractivity contribution in [3.8, 4) is 0 Å². The van der Waals surface area contributed by atoms with Gasteiger partial charge in [-0.25, -0.2) is 4.79 Å². The summed E-state index contributed by atoms with van der Waals surface area (Å²) < 4.78 is 5.36. The zero-order valence-electron chi connectivity index (χ0n) is 22.1. The van der Waals surface area contributed by atoms with Gasteiger partial charge in [0, 0.05) is 23.8 Å². The summed E-state index contributed by atoms with van der Waals surface area (Å²) in [4.78, 5) is 24.7. The normalized spacial score (nSPS) is 44.1. The van der Waals surface area contributed by atoms with E-state index >= 15 is 0 Å². The maximum absolute atomic E-state index is 12.8. The minimum Gasteiger partial charge on any atom is -0.426 e. The summed E-state index contributed by atoms with van der Waals surface area (Å²) in [6.07, 6.45) is 11.5. The molecule has 1 unspecified atom stereocenters. The van der Waals surface area contributed by atoms with Crippen LogP contribution in [0.15, 0.2) is 34.4 Å². The Hall–Kier alpha value is -1.68. The monoisotopic (exact) mass is 466 g/mol. The number of ether oxygens (including phenoxy) is 1. The van der Waals surface area contributed by atoms with E-state index in [-0.39, 0.29) is 27.6 Å². The first-order valence-corrected chi connectivity index (χ1v) is 13.3. The molecule has 0 aromatic heterocycles. The minimum atomic E-state index is -1.49. The quantitative estimate of drug-likeness (QED) is 0.486. The number of aliphatic hydroxyl groups is 1. The van der Waals surface area contributed by atoms with Gasteiger partial charge in [0.25, 0.3) is 0 Å². The highest BCUT2D eigenvalue weighted by Gasteiger charge is 2.60. The van der Waals surface area contributed by atoms with E-state index in [0.29, 0.717) is 30.1 Å². The van der Waals surface area contributed by atoms with Crippen LogP contribution in [0.5, 0.6) is 0 Å². The summed E-state index contributed by atoms with van der Waals surface area (Å²) in [6, 6.07) is 0. The lowest BCUT2D eigenvalue weighted by Gasteiger charge is -2.58. The van der Waals surface area contributed by atoms with Gasteiger partial charge in [0.05, 0.1) is 0 Å². The van der Waals surface area contributed by atoms with Gasteiger partial charge in [-0.05, 0) is 90.8 Å². The lowest BCUT2D eigenvalue weighted by atomic mass is 9.45. The molecule has 1 fully saturated rings. The molecule has 1 heterocycles. The molecule has 1 aliphatic heterocycles. The molecule has 0 aromatic carbocycles. The Balaban J connectivity index is 1.46. The van der Waals surface area contributed by atoms with Crippen LogP contribution in [-0.2, 0) is 14.3 Å². The predicted molar refractivity (Wildman–Crippen MR) is 133 cm³/mol. The van der Waals surface area contributed by atoms with E-state index in [0.717, 1.165) is 38.5 Å². The van der Waals surface area contributed by atoms with Crippen molar-refractivity contribution in [1.82, 2.24) is 0 Å². The maximum Gasteiger partial charge on any atom is 0.336 e. The third-order valence-corrected chi connectivity index (χ3v) is 11.5. The van der Waals surface area contributed by atoms with Crippen LogP contribution in [0.2, 0.25) is 0 Å². The molecule has 0 bridgehead atoms. The number of carbonyl (C=O) groups excluding carboxylic acids is 2. The first-order valence-electron chi connectivity index (χ1n) is 13.3. The van der Waals surface area contributed by atoms with E-state index in [9.17, 15) is 14.7 Å². The Morgan fingerprint density at radius 2 is 1.79 bits per heavy atom. The molecule has 34 heavy (non-hydrogen) atoms. The van der Waals surface area contributed by atoms with E-state index < -0.39 is 11.8 Å². The predicted octanol–water partition coefficient (Wildman–Crippen LogP) is 6.44. The highest BCUT2D eigenvalue weighted by atomic mass is 16.7. The van der Waals surface area contributed by atoms with Gasteiger partial charge in [-0.3, -0.25) is 4.79 Å². The second-order valence-electron chi connectivity index (χ2n) is 13.3. The Morgan fingerprint density at radius 3 is 2.44 bits per heavy atom. The molecule has 4 heteroatoms. The number of cyclic esters (lactones) is 1. The van der Waals surface area contributed by atoms with Crippen LogP contribution >= 0.6 is 0 Å². The molecule has 0 saturated heterocycles. The highest BCUT2D eigenvalue weighted by molar-refractivity contribution is 5.90. The van der Waals surface area contributed by atoms with Gasteiger partial charge in [0.2, 0.25) is 5.79 Å². The van der Waals surface area contributed by atoms with Crippen LogP contribution in [0.25, 0.3) is 0 Å². The zero-order chi connectivity index (χ0) is 24.9. The maximum atomic E-state index is 12.8. The molecule has 0 amide bonds. The van der Waals surface area contributed by atoms with Crippen molar-refractivity contribution in [3.05, 3.63) is 34.4 Å². The number of allylic oxidation sites excluding steroid dienone is 4. The second kappa shape index (κ2) is 7.18. The van der Waals surface area contributed by atoms with Crippen LogP contribution in [-0.4, -0.2) is 22.6 Å². The van der Waals surface area contributed by atoms with Crippen LogP contribution in [0, 0.1) is 33.5 Å². The lowest BCUT2D eigenvalue weighted by Crippen LogP contribution is -2.52. The number of fused-ring (bicyclic) bond motifs is 4. The van der Waals surface area contributed by atoms with E-state index in [1.807, 2.05) is 0 Å². The van der Waals surface area contributed by atoms with Crippen LogP contribution in [0.4, 0.5) is 0 Å². The summed E-state index contributed by atoms with van der Waals surface area (Å²) in [7, 11) is 0. The van der Waals surface area contributed by atoms with Crippen molar-refractivity contribution in [2.24, 2.45) is 33.5 Å². The first kappa shape index (κ1) is 24.0. The Labute approximate surface area is 204 Å². The summed E-state index contributed by atoms with van der Waals surface area (Å²) in [5.74, 6) is -0.865. The molecule has 1 saturated carbocycles. The number of hydrogen-bond acceptors (Lipinski definition) is 4. The third kappa shape index (κ3) is 2.99. The van der Waals surface area contributed by atoms with Gasteiger partial charge in [-0.2, -0.15) is 0 Å². The summed E-state index contributed by atoms with van der Waals surface area (Å²) >= 11 is 0. The SMILES string of the molecule is CC1=CC(O)(C[C@@H](C)[C@]2(C)CC=C3C4=C(CC[C@]32C)[C@@]2(C)CCC(=O)C(C)(C)[C@@H]2CC4)OC1=O. The second-order valence-corrected chi connectivity index (χ2v) is 13.3. The van der Waals surface area contributed by atoms with Crippen molar-refractivity contribution >= 4 is 11.8 Å². The number of ketones is 1. The minimum absolute atomic E-state index is 0.0209. The fraction of sp³-hybridized carbons (Fsp3) is 0.733. The Bertz CT molecular complexity index is 1060. The topological polar surface area (TPSA) is 63.6 Å². The molecular weight excluding hydrogens is 424 g/mol. The smallest absolute Gasteiger partial charge is 0.336 e. The highest BCUT2D eigenvalue weighted by Crippen LogP contribution is 2.69. The van der Waals surface area contributed by atoms with E-state index in [1.54, 1.807) is 24.1 Å². The molecule has 0 aromatic rings. The molecule has 186 valence electrons. The third-order valence-electron chi connectivity index (χ3n) is 11.5. The van der Waals surface area contributed by atoms with Gasteiger partial charge in [-0.1, -0.05) is 53.2 Å². The summed E-state index contributed by atoms with van der Waals surface area (Å²) in [5, 5.41) is 11.0. The van der Waals surface area contributed by atoms with Crippen molar-refractivity contribution in [1.29, 1.82) is 0 Å². The molecule has 6 atom stereocenters. The Morgan fingerprint density at radius 1 is 1.09 bits per heavy atom. The molecule has 0 radical (unpaired) electrons. The van der Waals surface area contributed by atoms with Crippen molar-refractivity contribution in [2.75, 3.05) is 0 Å². The standard InChI is InChI=1S/C30H42O4/c1-18-16-30(33,34-25(18)32)17-19(2)28(6)14-11-22-20-8-9-23-26(3,4)24(31)12-13-27(23,5)21(20)10-15-29(22,28)7/h11,16,19,23,33H,8-10,12-15,17H2,1-7H3/t19-,23+,27-,28+,29-,30?/m1/s1. The van der Waals surface area contributed by atoms with Gasteiger partial charge in [0.15, 0.2) is 0 Å². The van der Waals surface area contributed by atoms with E-state index in [4.69, 9.17) is 4.74 Å². The van der Waals surface area contributed by atoms with E-state index in [1.165, 1.54) is 5.57 Å². The van der Waals surface area contributed by atoms with Crippen molar-refractivity contribution < 1.29 is 19.4 Å². The molecule has 4 aliphatic carbocycles. The summed E-state index contributed by atoms with van der Waals surface area (Å²) in [5.41, 5.74) is 5.12. The zero-order valence-corrected chi connectivity index (χ0v) is 22.1. The summed E-state index contributed by atoms with van der Waals surface area (Å²) in [6.45, 7) is 15.5. The fourth-order valence-corrected chi connectivity index (χ4v) is 8.92. The van der Waals surface area contributed by atoms with Gasteiger partial charge in [-0.15, -0.1) is 0 Å². The number of rotatable bonds is 3. The van der Waals surface area contributed by atoms with E-state index in [2.05, 4.69) is 47.6 Å². The molecular formula is C30H42O4. The van der Waals surface area contributed by atoms with Crippen LogP contribution < -0.4 is 0 Å². The van der Waals surface area contributed by atoms with Gasteiger partial charge >= 0.3 is 5.97 Å². The number of carbonyl (C=O) groups is 2.